The Kier molecular flexibility index (Phi) is 7.69. The lowest BCUT2D eigenvalue weighted by molar-refractivity contribution is 0.0301. The van der Waals surface area contributed by atoms with Crippen LogP contribution in [0.1, 0.15) is 65.8 Å². The van der Waals surface area contributed by atoms with E-state index in [0.717, 1.165) is 68.1 Å². The number of para-hydroxylation sites is 1. The van der Waals surface area contributed by atoms with Crippen LogP contribution in [0.3, 0.4) is 0 Å². The summed E-state index contributed by atoms with van der Waals surface area (Å²) in [4.78, 5) is 34.2. The quantitative estimate of drug-likeness (QED) is 0.474. The number of nitrogens with zero attached hydrogens (tertiary/aromatic N) is 2. The molecule has 3 aliphatic rings. The summed E-state index contributed by atoms with van der Waals surface area (Å²) < 4.78 is 17.9. The number of carbonyl (C=O) groups is 2. The smallest absolute Gasteiger partial charge is 0.270 e. The highest BCUT2D eigenvalue weighted by Gasteiger charge is 2.38. The van der Waals surface area contributed by atoms with E-state index in [1.807, 2.05) is 58.3 Å². The molecule has 0 aliphatic carbocycles. The highest BCUT2D eigenvalue weighted by atomic mass is 16.5. The van der Waals surface area contributed by atoms with E-state index in [4.69, 9.17) is 14.2 Å². The number of amides is 2. The minimum Gasteiger partial charge on any atom is -0.497 e. The Morgan fingerprint density at radius 2 is 1.88 bits per heavy atom. The van der Waals surface area contributed by atoms with Crippen LogP contribution in [0.15, 0.2) is 48.5 Å². The van der Waals surface area contributed by atoms with Gasteiger partial charge in [-0.1, -0.05) is 18.6 Å². The average molecular weight is 546 g/mol. The fourth-order valence-corrected chi connectivity index (χ4v) is 6.52. The molecule has 8 nitrogen and oxygen atoms in total. The lowest BCUT2D eigenvalue weighted by atomic mass is 9.75. The van der Waals surface area contributed by atoms with Crippen molar-refractivity contribution in [3.8, 4) is 11.5 Å². The van der Waals surface area contributed by atoms with Gasteiger partial charge in [0.25, 0.3) is 11.8 Å². The number of carbonyl (C=O) groups excluding carboxylic acids is 2. The second kappa shape index (κ2) is 11.5. The normalized spacial score (nSPS) is 21.9. The van der Waals surface area contributed by atoms with Gasteiger partial charge < -0.3 is 29.0 Å². The van der Waals surface area contributed by atoms with Gasteiger partial charge in [0.1, 0.15) is 17.2 Å². The molecule has 4 heterocycles. The molecule has 212 valence electrons. The number of fused-ring (bicyclic) bond motifs is 3. The summed E-state index contributed by atoms with van der Waals surface area (Å²) in [6.45, 7) is 3.95. The Morgan fingerprint density at radius 1 is 1.02 bits per heavy atom. The number of methoxy groups -OCH3 is 1. The summed E-state index contributed by atoms with van der Waals surface area (Å²) in [5.74, 6) is 1.47. The predicted molar refractivity (Wildman–Crippen MR) is 153 cm³/mol. The fourth-order valence-electron chi connectivity index (χ4n) is 6.52. The van der Waals surface area contributed by atoms with Gasteiger partial charge in [-0.15, -0.1) is 0 Å². The van der Waals surface area contributed by atoms with Crippen molar-refractivity contribution >= 4 is 22.7 Å². The maximum Gasteiger partial charge on any atom is 0.270 e. The first-order valence-corrected chi connectivity index (χ1v) is 14.6. The summed E-state index contributed by atoms with van der Waals surface area (Å²) in [6, 6.07) is 15.5. The zero-order valence-electron chi connectivity index (χ0n) is 23.3. The van der Waals surface area contributed by atoms with E-state index in [0.29, 0.717) is 49.9 Å². The van der Waals surface area contributed by atoms with Crippen LogP contribution in [0.25, 0.3) is 10.9 Å². The summed E-state index contributed by atoms with van der Waals surface area (Å²) >= 11 is 0. The predicted octanol–water partition coefficient (Wildman–Crippen LogP) is 5.28. The van der Waals surface area contributed by atoms with E-state index in [-0.39, 0.29) is 23.3 Å². The Balaban J connectivity index is 1.17. The maximum absolute atomic E-state index is 13.5. The minimum absolute atomic E-state index is 0.0244. The molecule has 1 aromatic heterocycles. The fraction of sp³-hybridized carbons (Fsp3) is 0.500. The van der Waals surface area contributed by atoms with E-state index < -0.39 is 0 Å². The summed E-state index contributed by atoms with van der Waals surface area (Å²) in [5, 5.41) is 0.993. The van der Waals surface area contributed by atoms with Gasteiger partial charge in [0, 0.05) is 48.6 Å². The van der Waals surface area contributed by atoms with Gasteiger partial charge >= 0.3 is 0 Å². The number of benzene rings is 2. The van der Waals surface area contributed by atoms with Crippen molar-refractivity contribution in [1.29, 1.82) is 0 Å². The molecule has 0 saturated carbocycles. The van der Waals surface area contributed by atoms with Crippen LogP contribution in [0.5, 0.6) is 11.5 Å². The summed E-state index contributed by atoms with van der Waals surface area (Å²) in [6.07, 6.45) is 6.76. The van der Waals surface area contributed by atoms with Gasteiger partial charge in [0.05, 0.1) is 31.9 Å². The first kappa shape index (κ1) is 26.7. The van der Waals surface area contributed by atoms with Crippen LogP contribution < -0.4 is 9.47 Å². The van der Waals surface area contributed by atoms with E-state index in [2.05, 4.69) is 4.98 Å². The molecule has 2 fully saturated rings. The first-order valence-electron chi connectivity index (χ1n) is 14.6. The molecule has 3 aromatic rings. The molecule has 0 radical (unpaired) electrons. The Labute approximate surface area is 235 Å². The molecule has 1 N–H and O–H groups in total. The topological polar surface area (TPSA) is 84.1 Å². The van der Waals surface area contributed by atoms with E-state index >= 15 is 0 Å². The largest absolute Gasteiger partial charge is 0.497 e. The van der Waals surface area contributed by atoms with E-state index in [1.54, 1.807) is 7.11 Å². The van der Waals surface area contributed by atoms with Crippen molar-refractivity contribution in [1.82, 2.24) is 14.8 Å². The standard InChI is InChI=1S/C32H39N3O5/c1-38-25-11-10-23-19-28(33-27(23)20-25)31(37)34-16-13-32(14-17-34)12-4-5-18-39-21-24-7-6-15-35(24)30(36)26-8-2-3-9-29(26)40-22-32/h2-3,8-11,19-20,24,33H,4-7,12-18,21-22H2,1H3/t24-/m0/s1. The molecule has 1 atom stereocenters. The van der Waals surface area contributed by atoms with Gasteiger partial charge in [-0.05, 0) is 68.9 Å². The van der Waals surface area contributed by atoms with Crippen molar-refractivity contribution in [2.24, 2.45) is 5.41 Å². The Hall–Kier alpha value is -3.52. The average Bonchev–Trinajstić information content (AvgIpc) is 3.64. The lowest BCUT2D eigenvalue weighted by Gasteiger charge is -2.42. The molecule has 40 heavy (non-hydrogen) atoms. The molecule has 0 unspecified atom stereocenters. The number of hydrogen-bond acceptors (Lipinski definition) is 5. The number of H-pyrrole nitrogens is 1. The van der Waals surface area contributed by atoms with Crippen LogP contribution in [-0.4, -0.2) is 79.2 Å². The third-order valence-corrected chi connectivity index (χ3v) is 9.02. The van der Waals surface area contributed by atoms with Gasteiger partial charge in [0.2, 0.25) is 0 Å². The molecule has 2 saturated heterocycles. The lowest BCUT2D eigenvalue weighted by Crippen LogP contribution is -2.46. The van der Waals surface area contributed by atoms with Crippen LogP contribution in [0.4, 0.5) is 0 Å². The van der Waals surface area contributed by atoms with Gasteiger partial charge in [0.15, 0.2) is 0 Å². The monoisotopic (exact) mass is 545 g/mol. The second-order valence-corrected chi connectivity index (χ2v) is 11.5. The number of ether oxygens (including phenoxy) is 3. The van der Waals surface area contributed by atoms with E-state index in [9.17, 15) is 9.59 Å². The van der Waals surface area contributed by atoms with E-state index in [1.165, 1.54) is 0 Å². The van der Waals surface area contributed by atoms with Crippen LogP contribution in [0.2, 0.25) is 0 Å². The SMILES string of the molecule is COc1ccc2cc(C(=O)N3CCC4(CCCCOC[C@@H]5CCCN5C(=O)c5ccccc5OC4)CC3)[nH]c2c1. The second-order valence-electron chi connectivity index (χ2n) is 11.5. The number of piperidine rings is 1. The zero-order chi connectivity index (χ0) is 27.5. The van der Waals surface area contributed by atoms with Crippen LogP contribution in [0, 0.1) is 5.41 Å². The first-order chi connectivity index (χ1) is 19.5. The summed E-state index contributed by atoms with van der Waals surface area (Å²) in [7, 11) is 1.64. The van der Waals surface area contributed by atoms with Crippen LogP contribution in [-0.2, 0) is 4.74 Å². The molecular weight excluding hydrogens is 506 g/mol. The van der Waals surface area contributed by atoms with Gasteiger partial charge in [-0.25, -0.2) is 0 Å². The van der Waals surface area contributed by atoms with Crippen molar-refractivity contribution in [2.45, 2.75) is 51.0 Å². The molecule has 6 rings (SSSR count). The van der Waals surface area contributed by atoms with Crippen molar-refractivity contribution in [2.75, 3.05) is 46.6 Å². The third-order valence-electron chi connectivity index (χ3n) is 9.02. The number of aromatic amines is 1. The maximum atomic E-state index is 13.5. The van der Waals surface area contributed by atoms with Crippen molar-refractivity contribution in [3.63, 3.8) is 0 Å². The number of likely N-dealkylation sites (tertiary alicyclic amines) is 1. The number of nitrogens with one attached hydrogen (secondary N) is 1. The van der Waals surface area contributed by atoms with Crippen LogP contribution >= 0.6 is 0 Å². The van der Waals surface area contributed by atoms with Gasteiger partial charge in [-0.3, -0.25) is 9.59 Å². The number of aromatic nitrogens is 1. The number of rotatable bonds is 2. The summed E-state index contributed by atoms with van der Waals surface area (Å²) in [5.41, 5.74) is 2.07. The minimum atomic E-state index is -0.0545. The Bertz CT molecular complexity index is 1360. The number of hydrogen-bond donors (Lipinski definition) is 1. The Morgan fingerprint density at radius 3 is 2.73 bits per heavy atom. The molecule has 3 aliphatic heterocycles. The zero-order valence-corrected chi connectivity index (χ0v) is 23.3. The van der Waals surface area contributed by atoms with Gasteiger partial charge in [-0.2, -0.15) is 0 Å². The molecule has 1 spiro atoms. The molecular formula is C32H39N3O5. The highest BCUT2D eigenvalue weighted by Crippen LogP contribution is 2.39. The third kappa shape index (κ3) is 5.42. The van der Waals surface area contributed by atoms with Crippen molar-refractivity contribution < 1.29 is 23.8 Å². The molecule has 2 aromatic carbocycles. The molecule has 2 amide bonds. The highest BCUT2D eigenvalue weighted by molar-refractivity contribution is 5.98. The molecule has 8 heteroatoms. The molecule has 0 bridgehead atoms. The van der Waals surface area contributed by atoms with Crippen molar-refractivity contribution in [3.05, 3.63) is 59.8 Å².